The number of benzene rings is 2. The summed E-state index contributed by atoms with van der Waals surface area (Å²) in [6.45, 7) is 1.43. The van der Waals surface area contributed by atoms with Gasteiger partial charge in [0.25, 0.3) is 5.91 Å². The number of amides is 2. The quantitative estimate of drug-likeness (QED) is 0.682. The molecule has 2 aromatic carbocycles. The third-order valence-electron chi connectivity index (χ3n) is 3.67. The monoisotopic (exact) mass is 382 g/mol. The highest BCUT2D eigenvalue weighted by molar-refractivity contribution is 7.15. The predicted octanol–water partition coefficient (Wildman–Crippen LogP) is 3.35. The van der Waals surface area contributed by atoms with Crippen molar-refractivity contribution in [1.82, 2.24) is 10.2 Å². The molecule has 0 spiro atoms. The highest BCUT2D eigenvalue weighted by Crippen LogP contribution is 2.21. The summed E-state index contributed by atoms with van der Waals surface area (Å²) in [5.41, 5.74) is 2.19. The topological polar surface area (TPSA) is 93.2 Å². The summed E-state index contributed by atoms with van der Waals surface area (Å²) in [4.78, 5) is 23.3. The van der Waals surface area contributed by atoms with Crippen LogP contribution in [-0.4, -0.2) is 29.1 Å². The van der Waals surface area contributed by atoms with Gasteiger partial charge in [-0.15, -0.1) is 10.2 Å². The number of rotatable bonds is 6. The Hall–Kier alpha value is -3.26. The van der Waals surface area contributed by atoms with E-state index in [1.165, 1.54) is 18.3 Å². The Morgan fingerprint density at radius 3 is 2.33 bits per heavy atom. The molecule has 0 saturated carbocycles. The van der Waals surface area contributed by atoms with Gasteiger partial charge in [-0.25, -0.2) is 0 Å². The van der Waals surface area contributed by atoms with Crippen molar-refractivity contribution in [3.8, 4) is 5.75 Å². The van der Waals surface area contributed by atoms with Gasteiger partial charge in [-0.2, -0.15) is 0 Å². The smallest absolute Gasteiger partial charge is 0.257 e. The van der Waals surface area contributed by atoms with Crippen LogP contribution in [0.15, 0.2) is 48.5 Å². The second-order valence-electron chi connectivity index (χ2n) is 5.74. The van der Waals surface area contributed by atoms with E-state index in [0.717, 1.165) is 16.3 Å². The van der Waals surface area contributed by atoms with E-state index >= 15 is 0 Å². The van der Waals surface area contributed by atoms with Crippen molar-refractivity contribution in [2.45, 2.75) is 13.3 Å². The van der Waals surface area contributed by atoms with Gasteiger partial charge in [0.1, 0.15) is 10.8 Å². The van der Waals surface area contributed by atoms with Crippen molar-refractivity contribution >= 4 is 34.0 Å². The van der Waals surface area contributed by atoms with Gasteiger partial charge in [0.05, 0.1) is 7.11 Å². The molecule has 3 aromatic rings. The lowest BCUT2D eigenvalue weighted by Gasteiger charge is -2.04. The minimum absolute atomic E-state index is 0.162. The summed E-state index contributed by atoms with van der Waals surface area (Å²) in [6, 6.07) is 14.3. The SMILES string of the molecule is COc1ccc(Cc2nnc(NC(=O)c3ccc(NC(C)=O)cc3)s2)cc1. The highest BCUT2D eigenvalue weighted by Gasteiger charge is 2.11. The molecule has 3 rings (SSSR count). The summed E-state index contributed by atoms with van der Waals surface area (Å²) < 4.78 is 5.14. The van der Waals surface area contributed by atoms with Crippen LogP contribution < -0.4 is 15.4 Å². The fraction of sp³-hybridized carbons (Fsp3) is 0.158. The molecule has 2 amide bonds. The Kier molecular flexibility index (Phi) is 5.77. The first kappa shape index (κ1) is 18.5. The molecular weight excluding hydrogens is 364 g/mol. The number of carbonyl (C=O) groups excluding carboxylic acids is 2. The van der Waals surface area contributed by atoms with Crippen molar-refractivity contribution in [1.29, 1.82) is 0 Å². The first-order valence-electron chi connectivity index (χ1n) is 8.18. The van der Waals surface area contributed by atoms with Crippen LogP contribution in [0.1, 0.15) is 27.9 Å². The van der Waals surface area contributed by atoms with E-state index in [9.17, 15) is 9.59 Å². The summed E-state index contributed by atoms with van der Waals surface area (Å²) in [6.07, 6.45) is 0.628. The Bertz CT molecular complexity index is 936. The van der Waals surface area contributed by atoms with Gasteiger partial charge in [0.2, 0.25) is 11.0 Å². The maximum absolute atomic E-state index is 12.3. The first-order chi connectivity index (χ1) is 13.0. The van der Waals surface area contributed by atoms with E-state index in [0.29, 0.717) is 22.8 Å². The fourth-order valence-electron chi connectivity index (χ4n) is 2.37. The van der Waals surface area contributed by atoms with E-state index in [4.69, 9.17) is 4.74 Å². The zero-order valence-corrected chi connectivity index (χ0v) is 15.7. The highest BCUT2D eigenvalue weighted by atomic mass is 32.1. The van der Waals surface area contributed by atoms with Crippen molar-refractivity contribution in [2.75, 3.05) is 17.7 Å². The molecular formula is C19H18N4O3S. The molecule has 27 heavy (non-hydrogen) atoms. The number of nitrogens with zero attached hydrogens (tertiary/aromatic N) is 2. The van der Waals surface area contributed by atoms with Crippen molar-refractivity contribution in [3.63, 3.8) is 0 Å². The van der Waals surface area contributed by atoms with E-state index < -0.39 is 0 Å². The van der Waals surface area contributed by atoms with E-state index in [1.54, 1.807) is 31.4 Å². The third-order valence-corrected chi connectivity index (χ3v) is 4.51. The van der Waals surface area contributed by atoms with Gasteiger partial charge in [0.15, 0.2) is 0 Å². The van der Waals surface area contributed by atoms with E-state index in [1.807, 2.05) is 24.3 Å². The summed E-state index contributed by atoms with van der Waals surface area (Å²) >= 11 is 1.33. The fourth-order valence-corrected chi connectivity index (χ4v) is 3.14. The van der Waals surface area contributed by atoms with Crippen LogP contribution in [-0.2, 0) is 11.2 Å². The molecule has 8 heteroatoms. The van der Waals surface area contributed by atoms with Gasteiger partial charge >= 0.3 is 0 Å². The molecule has 7 nitrogen and oxygen atoms in total. The second kappa shape index (κ2) is 8.41. The minimum atomic E-state index is -0.281. The molecule has 138 valence electrons. The Morgan fingerprint density at radius 2 is 1.70 bits per heavy atom. The molecule has 0 saturated heterocycles. The maximum atomic E-state index is 12.3. The number of ether oxygens (including phenoxy) is 1. The van der Waals surface area contributed by atoms with Crippen molar-refractivity contribution < 1.29 is 14.3 Å². The minimum Gasteiger partial charge on any atom is -0.497 e. The number of hydrogen-bond acceptors (Lipinski definition) is 6. The molecule has 0 bridgehead atoms. The van der Waals surface area contributed by atoms with Gasteiger partial charge in [-0.1, -0.05) is 23.5 Å². The van der Waals surface area contributed by atoms with E-state index in [-0.39, 0.29) is 11.8 Å². The molecule has 0 atom stereocenters. The average molecular weight is 382 g/mol. The van der Waals surface area contributed by atoms with Gasteiger partial charge in [-0.05, 0) is 42.0 Å². The summed E-state index contributed by atoms with van der Waals surface area (Å²) in [7, 11) is 1.63. The summed E-state index contributed by atoms with van der Waals surface area (Å²) in [5, 5.41) is 14.8. The Balaban J connectivity index is 1.60. The van der Waals surface area contributed by atoms with Gasteiger partial charge < -0.3 is 10.1 Å². The number of anilines is 2. The second-order valence-corrected chi connectivity index (χ2v) is 6.80. The van der Waals surface area contributed by atoms with Crippen LogP contribution in [0.4, 0.5) is 10.8 Å². The largest absolute Gasteiger partial charge is 0.497 e. The maximum Gasteiger partial charge on any atom is 0.257 e. The number of methoxy groups -OCH3 is 1. The van der Waals surface area contributed by atoms with Crippen LogP contribution in [0.3, 0.4) is 0 Å². The number of aromatic nitrogens is 2. The zero-order valence-electron chi connectivity index (χ0n) is 14.9. The predicted molar refractivity (Wildman–Crippen MR) is 104 cm³/mol. The van der Waals surface area contributed by atoms with E-state index in [2.05, 4.69) is 20.8 Å². The van der Waals surface area contributed by atoms with Gasteiger partial charge in [-0.3, -0.25) is 14.9 Å². The standard InChI is InChI=1S/C19H18N4O3S/c1-12(24)20-15-7-5-14(6-8-15)18(25)21-19-23-22-17(27-19)11-13-3-9-16(26-2)10-4-13/h3-10H,11H2,1-2H3,(H,20,24)(H,21,23,25). The first-order valence-corrected chi connectivity index (χ1v) is 8.99. The lowest BCUT2D eigenvalue weighted by atomic mass is 10.1. The third kappa shape index (κ3) is 5.11. The lowest BCUT2D eigenvalue weighted by molar-refractivity contribution is -0.114. The molecule has 1 heterocycles. The Morgan fingerprint density at radius 1 is 1.00 bits per heavy atom. The van der Waals surface area contributed by atoms with Gasteiger partial charge in [0, 0.05) is 24.6 Å². The molecule has 0 radical (unpaired) electrons. The molecule has 0 unspecified atom stereocenters. The zero-order chi connectivity index (χ0) is 19.2. The van der Waals surface area contributed by atoms with Crippen LogP contribution in [0.2, 0.25) is 0 Å². The molecule has 1 aromatic heterocycles. The van der Waals surface area contributed by atoms with Crippen LogP contribution in [0, 0.1) is 0 Å². The number of hydrogen-bond donors (Lipinski definition) is 2. The van der Waals surface area contributed by atoms with Crippen molar-refractivity contribution in [3.05, 3.63) is 64.7 Å². The van der Waals surface area contributed by atoms with Crippen molar-refractivity contribution in [2.24, 2.45) is 0 Å². The summed E-state index contributed by atoms with van der Waals surface area (Å²) in [5.74, 6) is 0.357. The van der Waals surface area contributed by atoms with Crippen LogP contribution in [0.5, 0.6) is 5.75 Å². The van der Waals surface area contributed by atoms with Crippen LogP contribution in [0.25, 0.3) is 0 Å². The number of nitrogens with one attached hydrogen (secondary N) is 2. The molecule has 0 aliphatic rings. The molecule has 0 fully saturated rings. The molecule has 0 aliphatic carbocycles. The van der Waals surface area contributed by atoms with Crippen LogP contribution >= 0.6 is 11.3 Å². The Labute approximate surface area is 160 Å². The molecule has 2 N–H and O–H groups in total. The lowest BCUT2D eigenvalue weighted by Crippen LogP contribution is -2.12. The molecule has 0 aliphatic heterocycles. The normalized spacial score (nSPS) is 10.3. The number of carbonyl (C=O) groups is 2. The average Bonchev–Trinajstić information content (AvgIpc) is 3.09.